The molecule has 80 valence electrons. The van der Waals surface area contributed by atoms with Crippen LogP contribution in [0.1, 0.15) is 28.9 Å². The van der Waals surface area contributed by atoms with Crippen LogP contribution < -0.4 is 0 Å². The maximum absolute atomic E-state index is 12.7. The van der Waals surface area contributed by atoms with Gasteiger partial charge in [0.2, 0.25) is 0 Å². The summed E-state index contributed by atoms with van der Waals surface area (Å²) in [7, 11) is 0. The van der Waals surface area contributed by atoms with Crippen molar-refractivity contribution >= 4 is 6.29 Å². The number of halogens is 3. The first-order chi connectivity index (χ1) is 6.99. The molecule has 15 heavy (non-hydrogen) atoms. The third-order valence-electron chi connectivity index (χ3n) is 2.71. The van der Waals surface area contributed by atoms with Gasteiger partial charge >= 0.3 is 6.18 Å². The van der Waals surface area contributed by atoms with E-state index in [1.165, 1.54) is 18.3 Å². The fourth-order valence-corrected chi connectivity index (χ4v) is 1.57. The van der Waals surface area contributed by atoms with Gasteiger partial charge in [-0.25, -0.2) is 0 Å². The zero-order chi connectivity index (χ0) is 11.1. The van der Waals surface area contributed by atoms with E-state index in [2.05, 4.69) is 4.98 Å². The molecular weight excluding hydrogens is 207 g/mol. The van der Waals surface area contributed by atoms with Gasteiger partial charge in [-0.1, -0.05) is 0 Å². The largest absolute Gasteiger partial charge is 0.399 e. The van der Waals surface area contributed by atoms with Crippen molar-refractivity contribution in [3.05, 3.63) is 29.6 Å². The number of nitrogens with zero attached hydrogens (tertiary/aromatic N) is 1. The average molecular weight is 215 g/mol. The molecule has 1 fully saturated rings. The van der Waals surface area contributed by atoms with E-state index < -0.39 is 11.6 Å². The summed E-state index contributed by atoms with van der Waals surface area (Å²) in [6.45, 7) is 0. The van der Waals surface area contributed by atoms with Gasteiger partial charge in [-0.05, 0) is 25.0 Å². The van der Waals surface area contributed by atoms with Gasteiger partial charge in [-0.3, -0.25) is 9.78 Å². The molecule has 1 saturated carbocycles. The summed E-state index contributed by atoms with van der Waals surface area (Å²) in [5.41, 5.74) is -1.45. The Hall–Kier alpha value is -1.39. The van der Waals surface area contributed by atoms with E-state index >= 15 is 0 Å². The summed E-state index contributed by atoms with van der Waals surface area (Å²) in [5, 5.41) is 0. The fraction of sp³-hybridized carbons (Fsp3) is 0.400. The molecule has 1 aliphatic rings. The Labute approximate surface area is 84.1 Å². The van der Waals surface area contributed by atoms with Crippen molar-refractivity contribution in [3.8, 4) is 0 Å². The van der Waals surface area contributed by atoms with Crippen molar-refractivity contribution in [3.63, 3.8) is 0 Å². The van der Waals surface area contributed by atoms with Crippen LogP contribution >= 0.6 is 0 Å². The van der Waals surface area contributed by atoms with Gasteiger partial charge in [-0.2, -0.15) is 13.2 Å². The molecule has 0 spiro atoms. The lowest BCUT2D eigenvalue weighted by molar-refractivity contribution is -0.161. The highest BCUT2D eigenvalue weighted by Gasteiger charge is 2.65. The highest BCUT2D eigenvalue weighted by atomic mass is 19.4. The number of aromatic nitrogens is 1. The van der Waals surface area contributed by atoms with Gasteiger partial charge in [0.25, 0.3) is 0 Å². The Morgan fingerprint density at radius 1 is 1.33 bits per heavy atom. The van der Waals surface area contributed by atoms with Crippen LogP contribution in [0.15, 0.2) is 18.3 Å². The zero-order valence-electron chi connectivity index (χ0n) is 7.71. The van der Waals surface area contributed by atoms with Crippen molar-refractivity contribution in [2.24, 2.45) is 0 Å². The van der Waals surface area contributed by atoms with Crippen LogP contribution in [0.3, 0.4) is 0 Å². The Morgan fingerprint density at radius 2 is 2.00 bits per heavy atom. The van der Waals surface area contributed by atoms with E-state index in [1.807, 2.05) is 0 Å². The summed E-state index contributed by atoms with van der Waals surface area (Å²) in [5.74, 6) is 0. The standard InChI is InChI=1S/C10H8F3NO/c11-10(12,13)9(3-4-9)8-2-1-7(6-15)5-14-8/h1-2,5-6H,3-4H2. The van der Waals surface area contributed by atoms with E-state index in [4.69, 9.17) is 0 Å². The monoisotopic (exact) mass is 215 g/mol. The van der Waals surface area contributed by atoms with E-state index in [9.17, 15) is 18.0 Å². The van der Waals surface area contributed by atoms with Gasteiger partial charge < -0.3 is 0 Å². The maximum atomic E-state index is 12.7. The molecule has 2 nitrogen and oxygen atoms in total. The number of hydrogen-bond acceptors (Lipinski definition) is 2. The molecule has 5 heteroatoms. The molecule has 0 atom stereocenters. The van der Waals surface area contributed by atoms with Gasteiger partial charge in [0, 0.05) is 11.8 Å². The molecule has 0 saturated heterocycles. The summed E-state index contributed by atoms with van der Waals surface area (Å²) in [4.78, 5) is 14.0. The number of hydrogen-bond donors (Lipinski definition) is 0. The van der Waals surface area contributed by atoms with E-state index in [0.717, 1.165) is 0 Å². The quantitative estimate of drug-likeness (QED) is 0.709. The van der Waals surface area contributed by atoms with E-state index in [0.29, 0.717) is 6.29 Å². The summed E-state index contributed by atoms with van der Waals surface area (Å²) >= 11 is 0. The molecule has 0 amide bonds. The number of aldehydes is 1. The number of rotatable bonds is 2. The fourth-order valence-electron chi connectivity index (χ4n) is 1.57. The molecule has 1 aromatic rings. The summed E-state index contributed by atoms with van der Waals surface area (Å²) < 4.78 is 38.0. The first kappa shape index (κ1) is 10.1. The molecule has 1 aromatic heterocycles. The molecule has 1 aliphatic carbocycles. The molecule has 0 radical (unpaired) electrons. The van der Waals surface area contributed by atoms with Crippen LogP contribution in [0.5, 0.6) is 0 Å². The van der Waals surface area contributed by atoms with E-state index in [1.54, 1.807) is 0 Å². The summed E-state index contributed by atoms with van der Waals surface area (Å²) in [6, 6.07) is 2.64. The lowest BCUT2D eigenvalue weighted by Gasteiger charge is -2.18. The highest BCUT2D eigenvalue weighted by molar-refractivity contribution is 5.73. The lowest BCUT2D eigenvalue weighted by atomic mass is 10.0. The third-order valence-corrected chi connectivity index (χ3v) is 2.71. The lowest BCUT2D eigenvalue weighted by Crippen LogP contribution is -2.29. The minimum Gasteiger partial charge on any atom is -0.298 e. The molecule has 2 rings (SSSR count). The molecule has 0 unspecified atom stereocenters. The van der Waals surface area contributed by atoms with Crippen LogP contribution in [0.25, 0.3) is 0 Å². The normalized spacial score (nSPS) is 18.6. The number of alkyl halides is 3. The number of carbonyl (C=O) groups is 1. The van der Waals surface area contributed by atoms with Crippen molar-refractivity contribution in [1.82, 2.24) is 4.98 Å². The Bertz CT molecular complexity index is 379. The maximum Gasteiger partial charge on any atom is 0.399 e. The SMILES string of the molecule is O=Cc1ccc(C2(C(F)(F)F)CC2)nc1. The molecule has 0 bridgehead atoms. The van der Waals surface area contributed by atoms with Crippen LogP contribution in [0.4, 0.5) is 13.2 Å². The van der Waals surface area contributed by atoms with Crippen LogP contribution in [0, 0.1) is 0 Å². The van der Waals surface area contributed by atoms with Crippen molar-refractivity contribution < 1.29 is 18.0 Å². The number of carbonyl (C=O) groups excluding carboxylic acids is 1. The van der Waals surface area contributed by atoms with Crippen molar-refractivity contribution in [2.45, 2.75) is 24.4 Å². The second kappa shape index (κ2) is 3.05. The Balaban J connectivity index is 2.34. The number of pyridine rings is 1. The van der Waals surface area contributed by atoms with Gasteiger partial charge in [-0.15, -0.1) is 0 Å². The van der Waals surface area contributed by atoms with Gasteiger partial charge in [0.05, 0.1) is 5.69 Å². The molecule has 1 heterocycles. The van der Waals surface area contributed by atoms with Crippen molar-refractivity contribution in [2.75, 3.05) is 0 Å². The minimum atomic E-state index is -4.25. The second-order valence-electron chi connectivity index (χ2n) is 3.67. The van der Waals surface area contributed by atoms with E-state index in [-0.39, 0.29) is 24.1 Å². The first-order valence-electron chi connectivity index (χ1n) is 4.48. The molecule has 0 aromatic carbocycles. The molecule has 0 aliphatic heterocycles. The average Bonchev–Trinajstić information content (AvgIpc) is 2.98. The van der Waals surface area contributed by atoms with Crippen molar-refractivity contribution in [1.29, 1.82) is 0 Å². The predicted octanol–water partition coefficient (Wildman–Crippen LogP) is 2.49. The third kappa shape index (κ3) is 1.52. The Kier molecular flexibility index (Phi) is 2.06. The summed E-state index contributed by atoms with van der Waals surface area (Å²) in [6.07, 6.45) is -2.34. The van der Waals surface area contributed by atoms with Crippen LogP contribution in [-0.2, 0) is 5.41 Å². The topological polar surface area (TPSA) is 30.0 Å². The molecular formula is C10H8F3NO. The first-order valence-corrected chi connectivity index (χ1v) is 4.48. The second-order valence-corrected chi connectivity index (χ2v) is 3.67. The molecule has 0 N–H and O–H groups in total. The van der Waals surface area contributed by atoms with Gasteiger partial charge in [0.1, 0.15) is 5.41 Å². The smallest absolute Gasteiger partial charge is 0.298 e. The minimum absolute atomic E-state index is 0.0144. The van der Waals surface area contributed by atoms with Crippen LogP contribution in [-0.4, -0.2) is 17.4 Å². The van der Waals surface area contributed by atoms with Gasteiger partial charge in [0.15, 0.2) is 6.29 Å². The zero-order valence-corrected chi connectivity index (χ0v) is 7.71. The predicted molar refractivity (Wildman–Crippen MR) is 46.6 cm³/mol. The Morgan fingerprint density at radius 3 is 2.33 bits per heavy atom. The highest BCUT2D eigenvalue weighted by Crippen LogP contribution is 2.58. The van der Waals surface area contributed by atoms with Crippen LogP contribution in [0.2, 0.25) is 0 Å².